The van der Waals surface area contributed by atoms with Crippen LogP contribution in [0.4, 0.5) is 28.4 Å². The van der Waals surface area contributed by atoms with Gasteiger partial charge in [0.1, 0.15) is 0 Å². The molecule has 0 saturated heterocycles. The number of allylic oxidation sites excluding steroid dienone is 4. The monoisotopic (exact) mass is 798 g/mol. The lowest BCUT2D eigenvalue weighted by atomic mass is 9.86. The summed E-state index contributed by atoms with van der Waals surface area (Å²) < 4.78 is 0. The van der Waals surface area contributed by atoms with Crippen LogP contribution < -0.4 is 9.80 Å². The molecule has 60 heavy (non-hydrogen) atoms. The molecule has 0 atom stereocenters. The largest absolute Gasteiger partial charge is 0.336 e. The van der Waals surface area contributed by atoms with Gasteiger partial charge < -0.3 is 9.80 Å². The van der Waals surface area contributed by atoms with Crippen molar-refractivity contribution >= 4 is 45.3 Å². The lowest BCUT2D eigenvalue weighted by Crippen LogP contribution is -2.40. The van der Waals surface area contributed by atoms with E-state index in [0.29, 0.717) is 0 Å². The SMILES string of the molecule is CCC(C)(C)N(c1ccc(C)cc1)c1ccc(N(c2ccc(C)cc2)c2ccc(-c3sc(-c4ccc(C(C)(C)C)cc4)c(-c4ccccc4)c3C3=C=C=CC=C3)cc2)cc1. The predicted octanol–water partition coefficient (Wildman–Crippen LogP) is 16.7. The highest BCUT2D eigenvalue weighted by Crippen LogP contribution is 2.51. The number of hydrogen-bond acceptors (Lipinski definition) is 3. The van der Waals surface area contributed by atoms with Gasteiger partial charge >= 0.3 is 0 Å². The molecule has 0 bridgehead atoms. The van der Waals surface area contributed by atoms with Crippen LogP contribution in [0.1, 0.15) is 70.2 Å². The van der Waals surface area contributed by atoms with Gasteiger partial charge in [-0.1, -0.05) is 147 Å². The molecular formula is C57H54N2S. The molecule has 1 aliphatic carbocycles. The van der Waals surface area contributed by atoms with E-state index >= 15 is 0 Å². The Hall–Kier alpha value is -6.34. The van der Waals surface area contributed by atoms with Crippen molar-refractivity contribution in [1.82, 2.24) is 0 Å². The molecule has 6 aromatic carbocycles. The first kappa shape index (κ1) is 40.4. The maximum absolute atomic E-state index is 3.48. The van der Waals surface area contributed by atoms with Gasteiger partial charge in [0.2, 0.25) is 0 Å². The third kappa shape index (κ3) is 8.26. The van der Waals surface area contributed by atoms with Crippen LogP contribution in [0.2, 0.25) is 0 Å². The van der Waals surface area contributed by atoms with Crippen molar-refractivity contribution in [2.75, 3.05) is 9.80 Å². The lowest BCUT2D eigenvalue weighted by Gasteiger charge is -2.40. The fraction of sp³-hybridized carbons (Fsp3) is 0.193. The molecule has 1 aliphatic rings. The van der Waals surface area contributed by atoms with Gasteiger partial charge in [-0.25, -0.2) is 0 Å². The normalized spacial score (nSPS) is 12.4. The molecule has 0 spiro atoms. The van der Waals surface area contributed by atoms with Crippen LogP contribution in [0.25, 0.3) is 37.6 Å². The van der Waals surface area contributed by atoms with Crippen molar-refractivity contribution in [3.63, 3.8) is 0 Å². The van der Waals surface area contributed by atoms with Crippen molar-refractivity contribution in [2.24, 2.45) is 0 Å². The molecule has 0 unspecified atom stereocenters. The second-order valence-electron chi connectivity index (χ2n) is 17.5. The van der Waals surface area contributed by atoms with Gasteiger partial charge in [0, 0.05) is 60.4 Å². The lowest BCUT2D eigenvalue weighted by molar-refractivity contribution is 0.488. The Labute approximate surface area is 361 Å². The third-order valence-corrected chi connectivity index (χ3v) is 13.0. The minimum absolute atomic E-state index is 0.0739. The van der Waals surface area contributed by atoms with Crippen LogP contribution in [-0.2, 0) is 5.41 Å². The van der Waals surface area contributed by atoms with Crippen LogP contribution in [0, 0.1) is 13.8 Å². The Kier molecular flexibility index (Phi) is 11.3. The predicted molar refractivity (Wildman–Crippen MR) is 261 cm³/mol. The Morgan fingerprint density at radius 1 is 0.517 bits per heavy atom. The first-order valence-electron chi connectivity index (χ1n) is 21.1. The number of thiophene rings is 1. The molecule has 8 rings (SSSR count). The van der Waals surface area contributed by atoms with Gasteiger partial charge in [-0.2, -0.15) is 0 Å². The first-order valence-corrected chi connectivity index (χ1v) is 21.9. The second kappa shape index (κ2) is 16.7. The van der Waals surface area contributed by atoms with Crippen LogP contribution in [0.15, 0.2) is 181 Å². The van der Waals surface area contributed by atoms with Crippen LogP contribution >= 0.6 is 11.3 Å². The zero-order valence-corrected chi connectivity index (χ0v) is 37.0. The quantitative estimate of drug-likeness (QED) is 0.120. The standard InChI is InChI=1S/C57H54N2S/c1-9-57(7,8)59(50-32-22-41(3)23-33-50)51-38-36-49(37-39-51)58(47-30-20-40(2)21-31-47)48-34-26-45(27-35-48)55-53(43-18-14-11-15-19-43)52(42-16-12-10-13-17-42)54(60-55)44-24-28-46(29-25-44)56(4,5)6/h10-14,16-18,20-39H,9H2,1-8H3. The van der Waals surface area contributed by atoms with E-state index in [1.807, 2.05) is 17.4 Å². The van der Waals surface area contributed by atoms with E-state index in [1.54, 1.807) is 0 Å². The Balaban J connectivity index is 1.24. The minimum atomic E-state index is -0.0739. The molecule has 0 N–H and O–H groups in total. The molecule has 2 nitrogen and oxygen atoms in total. The maximum Gasteiger partial charge on any atom is 0.0463 e. The summed E-state index contributed by atoms with van der Waals surface area (Å²) >= 11 is 1.86. The zero-order valence-electron chi connectivity index (χ0n) is 36.2. The highest BCUT2D eigenvalue weighted by molar-refractivity contribution is 7.20. The number of nitrogens with zero attached hydrogens (tertiary/aromatic N) is 2. The van der Waals surface area contributed by atoms with Crippen molar-refractivity contribution in [3.8, 4) is 32.0 Å². The van der Waals surface area contributed by atoms with E-state index < -0.39 is 0 Å². The van der Waals surface area contributed by atoms with Gasteiger partial charge in [-0.15, -0.1) is 11.3 Å². The van der Waals surface area contributed by atoms with E-state index in [9.17, 15) is 0 Å². The molecule has 0 fully saturated rings. The number of hydrogen-bond donors (Lipinski definition) is 0. The average molecular weight is 799 g/mol. The van der Waals surface area contributed by atoms with Gasteiger partial charge in [0.05, 0.1) is 0 Å². The molecule has 7 aromatic rings. The van der Waals surface area contributed by atoms with Crippen LogP contribution in [0.3, 0.4) is 0 Å². The smallest absolute Gasteiger partial charge is 0.0463 e. The molecular weight excluding hydrogens is 745 g/mol. The second-order valence-corrected chi connectivity index (χ2v) is 18.5. The average Bonchev–Trinajstić information content (AvgIpc) is 3.67. The highest BCUT2D eigenvalue weighted by atomic mass is 32.1. The van der Waals surface area contributed by atoms with Crippen molar-refractivity contribution in [2.45, 2.75) is 72.8 Å². The van der Waals surface area contributed by atoms with E-state index in [-0.39, 0.29) is 11.0 Å². The summed E-state index contributed by atoms with van der Waals surface area (Å²) in [7, 11) is 0. The summed E-state index contributed by atoms with van der Waals surface area (Å²) in [5, 5.41) is 0. The summed E-state index contributed by atoms with van der Waals surface area (Å²) in [5.74, 6) is 0. The molecule has 298 valence electrons. The van der Waals surface area contributed by atoms with E-state index in [0.717, 1.165) is 29.1 Å². The van der Waals surface area contributed by atoms with Crippen molar-refractivity contribution in [3.05, 3.63) is 204 Å². The van der Waals surface area contributed by atoms with E-state index in [4.69, 9.17) is 0 Å². The summed E-state index contributed by atoms with van der Waals surface area (Å²) in [5.41, 5.74) is 23.3. The topological polar surface area (TPSA) is 6.48 Å². The summed E-state index contributed by atoms with van der Waals surface area (Å²) in [4.78, 5) is 7.30. The molecule has 0 amide bonds. The van der Waals surface area contributed by atoms with Crippen LogP contribution in [-0.4, -0.2) is 5.54 Å². The van der Waals surface area contributed by atoms with Crippen LogP contribution in [0.5, 0.6) is 0 Å². The first-order chi connectivity index (χ1) is 28.9. The number of aryl methyl sites for hydroxylation is 2. The van der Waals surface area contributed by atoms with E-state index in [2.05, 4.69) is 240 Å². The molecule has 0 radical (unpaired) electrons. The molecule has 0 aliphatic heterocycles. The Morgan fingerprint density at radius 2 is 0.983 bits per heavy atom. The maximum atomic E-state index is 3.48. The zero-order chi connectivity index (χ0) is 42.0. The Morgan fingerprint density at radius 3 is 1.48 bits per heavy atom. The molecule has 1 aromatic heterocycles. The van der Waals surface area contributed by atoms with Crippen molar-refractivity contribution in [1.29, 1.82) is 0 Å². The highest BCUT2D eigenvalue weighted by Gasteiger charge is 2.28. The van der Waals surface area contributed by atoms with Crippen molar-refractivity contribution < 1.29 is 0 Å². The molecule has 0 saturated carbocycles. The third-order valence-electron chi connectivity index (χ3n) is 11.7. The number of anilines is 5. The molecule has 1 heterocycles. The van der Waals surface area contributed by atoms with Gasteiger partial charge in [-0.3, -0.25) is 0 Å². The molecule has 3 heteroatoms. The number of benzene rings is 6. The van der Waals surface area contributed by atoms with Gasteiger partial charge in [-0.05, 0) is 135 Å². The minimum Gasteiger partial charge on any atom is -0.336 e. The summed E-state index contributed by atoms with van der Waals surface area (Å²) in [6, 6.07) is 55.9. The van der Waals surface area contributed by atoms with Gasteiger partial charge in [0.15, 0.2) is 0 Å². The Bertz CT molecular complexity index is 2730. The summed E-state index contributed by atoms with van der Waals surface area (Å²) in [6.07, 6.45) is 7.17. The number of rotatable bonds is 11. The van der Waals surface area contributed by atoms with E-state index in [1.165, 1.54) is 65.6 Å². The summed E-state index contributed by atoms with van der Waals surface area (Å²) in [6.45, 7) is 18.0. The van der Waals surface area contributed by atoms with Gasteiger partial charge in [0.25, 0.3) is 0 Å². The fourth-order valence-corrected chi connectivity index (χ4v) is 9.30. The fourth-order valence-electron chi connectivity index (χ4n) is 7.95.